The zero-order chi connectivity index (χ0) is 33.3. The summed E-state index contributed by atoms with van der Waals surface area (Å²) in [6.45, 7) is 9.78. The van der Waals surface area contributed by atoms with E-state index in [0.717, 1.165) is 52.9 Å². The molecule has 3 aliphatic rings. The van der Waals surface area contributed by atoms with Crippen molar-refractivity contribution in [3.05, 3.63) is 125 Å². The summed E-state index contributed by atoms with van der Waals surface area (Å²) in [5.41, 5.74) is 7.43. The first-order valence-corrected chi connectivity index (χ1v) is 17.3. The number of aliphatic hydroxyl groups is 1. The summed E-state index contributed by atoms with van der Waals surface area (Å²) >= 11 is 0. The van der Waals surface area contributed by atoms with Gasteiger partial charge in [0.2, 0.25) is 0 Å². The van der Waals surface area contributed by atoms with E-state index in [1.807, 2.05) is 30.3 Å². The summed E-state index contributed by atoms with van der Waals surface area (Å²) in [5.74, 6) is -0.148. The van der Waals surface area contributed by atoms with Crippen molar-refractivity contribution in [2.75, 3.05) is 13.1 Å². The van der Waals surface area contributed by atoms with Gasteiger partial charge in [-0.3, -0.25) is 14.7 Å². The van der Waals surface area contributed by atoms with Gasteiger partial charge in [-0.1, -0.05) is 93.6 Å². The van der Waals surface area contributed by atoms with E-state index >= 15 is 0 Å². The molecule has 2 saturated heterocycles. The molecule has 2 unspecified atom stereocenters. The van der Waals surface area contributed by atoms with Crippen LogP contribution in [0, 0.1) is 10.8 Å². The molecular weight excluding hydrogens is 598 g/mol. The SMILES string of the molecule is CC1(C)CC2CC(C)(CN2C[C@@H]2C[C@H](c3ccc(CO)cc3)O[C@H](c3ccc(-c4ccccc4CNC(=O)c4cccnc4)cc3)O2)C1. The first-order chi connectivity index (χ1) is 23.2. The summed E-state index contributed by atoms with van der Waals surface area (Å²) < 4.78 is 13.5. The average Bonchev–Trinajstić information content (AvgIpc) is 3.34. The van der Waals surface area contributed by atoms with Gasteiger partial charge in [-0.05, 0) is 70.0 Å². The van der Waals surface area contributed by atoms with E-state index in [1.54, 1.807) is 24.5 Å². The number of hydrogen-bond acceptors (Lipinski definition) is 6. The molecule has 7 heteroatoms. The third-order valence-corrected chi connectivity index (χ3v) is 10.5. The Morgan fingerprint density at radius 2 is 1.71 bits per heavy atom. The first kappa shape index (κ1) is 32.7. The Bertz CT molecular complexity index is 1710. The number of aromatic nitrogens is 1. The fourth-order valence-corrected chi connectivity index (χ4v) is 8.64. The molecule has 7 nitrogen and oxygen atoms in total. The number of likely N-dealkylation sites (tertiary alicyclic amines) is 1. The Morgan fingerprint density at radius 3 is 2.46 bits per heavy atom. The van der Waals surface area contributed by atoms with Crippen LogP contribution in [0.1, 0.15) is 91.5 Å². The van der Waals surface area contributed by atoms with Crippen LogP contribution in [-0.4, -0.2) is 46.1 Å². The summed E-state index contributed by atoms with van der Waals surface area (Å²) in [6, 6.07) is 28.8. The molecule has 1 amide bonds. The van der Waals surface area contributed by atoms with Gasteiger partial charge in [0.05, 0.1) is 24.4 Å². The summed E-state index contributed by atoms with van der Waals surface area (Å²) in [7, 11) is 0. The van der Waals surface area contributed by atoms with Gasteiger partial charge in [-0.2, -0.15) is 0 Å². The smallest absolute Gasteiger partial charge is 0.253 e. The molecule has 7 rings (SSSR count). The lowest BCUT2D eigenvalue weighted by molar-refractivity contribution is -0.253. The second-order valence-corrected chi connectivity index (χ2v) is 15.2. The van der Waals surface area contributed by atoms with Crippen LogP contribution in [0.25, 0.3) is 11.1 Å². The van der Waals surface area contributed by atoms with Crippen molar-refractivity contribution in [3.8, 4) is 11.1 Å². The van der Waals surface area contributed by atoms with Crippen LogP contribution in [0.3, 0.4) is 0 Å². The van der Waals surface area contributed by atoms with Gasteiger partial charge in [0.25, 0.3) is 5.91 Å². The summed E-state index contributed by atoms with van der Waals surface area (Å²) in [4.78, 5) is 19.4. The van der Waals surface area contributed by atoms with Crippen molar-refractivity contribution in [2.24, 2.45) is 10.8 Å². The predicted octanol–water partition coefficient (Wildman–Crippen LogP) is 7.62. The number of nitrogens with one attached hydrogen (secondary N) is 1. The van der Waals surface area contributed by atoms with Gasteiger partial charge in [0, 0.05) is 50.1 Å². The maximum Gasteiger partial charge on any atom is 0.253 e. The Labute approximate surface area is 284 Å². The van der Waals surface area contributed by atoms with Gasteiger partial charge in [0.1, 0.15) is 0 Å². The molecule has 0 radical (unpaired) electrons. The van der Waals surface area contributed by atoms with Crippen molar-refractivity contribution >= 4 is 5.91 Å². The molecule has 250 valence electrons. The number of rotatable bonds is 9. The van der Waals surface area contributed by atoms with Crippen LogP contribution in [0.5, 0.6) is 0 Å². The van der Waals surface area contributed by atoms with Gasteiger partial charge < -0.3 is 19.9 Å². The minimum atomic E-state index is -0.497. The van der Waals surface area contributed by atoms with Crippen LogP contribution in [-0.2, 0) is 22.6 Å². The Kier molecular flexibility index (Phi) is 9.22. The molecule has 1 saturated carbocycles. The molecule has 5 atom stereocenters. The van der Waals surface area contributed by atoms with Crippen molar-refractivity contribution in [1.82, 2.24) is 15.2 Å². The number of hydrogen-bond donors (Lipinski definition) is 2. The number of fused-ring (bicyclic) bond motifs is 2. The molecule has 1 aromatic heterocycles. The highest BCUT2D eigenvalue weighted by Gasteiger charge is 2.50. The lowest BCUT2D eigenvalue weighted by Crippen LogP contribution is -2.42. The number of ether oxygens (including phenoxy) is 2. The second-order valence-electron chi connectivity index (χ2n) is 15.2. The van der Waals surface area contributed by atoms with Crippen molar-refractivity contribution in [1.29, 1.82) is 0 Å². The van der Waals surface area contributed by atoms with Gasteiger partial charge in [-0.25, -0.2) is 0 Å². The van der Waals surface area contributed by atoms with E-state index in [0.29, 0.717) is 29.0 Å². The van der Waals surface area contributed by atoms with E-state index in [9.17, 15) is 9.90 Å². The third-order valence-electron chi connectivity index (χ3n) is 10.5. The third kappa shape index (κ3) is 7.25. The number of aliphatic hydroxyl groups excluding tert-OH is 1. The Balaban J connectivity index is 1.09. The van der Waals surface area contributed by atoms with E-state index in [-0.39, 0.29) is 24.7 Å². The highest BCUT2D eigenvalue weighted by molar-refractivity contribution is 5.93. The van der Waals surface area contributed by atoms with Crippen LogP contribution in [0.4, 0.5) is 0 Å². The van der Waals surface area contributed by atoms with E-state index in [4.69, 9.17) is 9.47 Å². The highest BCUT2D eigenvalue weighted by atomic mass is 16.7. The maximum atomic E-state index is 12.7. The molecule has 2 aliphatic heterocycles. The number of carbonyl (C=O) groups excluding carboxylic acids is 1. The number of benzene rings is 3. The molecule has 1 aliphatic carbocycles. The van der Waals surface area contributed by atoms with Gasteiger partial charge in [0.15, 0.2) is 6.29 Å². The van der Waals surface area contributed by atoms with E-state index in [1.165, 1.54) is 19.3 Å². The molecule has 0 spiro atoms. The van der Waals surface area contributed by atoms with Crippen molar-refractivity contribution in [2.45, 2.75) is 84.1 Å². The molecule has 3 fully saturated rings. The fourth-order valence-electron chi connectivity index (χ4n) is 8.64. The van der Waals surface area contributed by atoms with Crippen LogP contribution in [0.2, 0.25) is 0 Å². The van der Waals surface area contributed by atoms with Crippen molar-refractivity contribution < 1.29 is 19.4 Å². The normalized spacial score (nSPS) is 26.7. The Morgan fingerprint density at radius 1 is 0.938 bits per heavy atom. The molecule has 48 heavy (non-hydrogen) atoms. The minimum absolute atomic E-state index is 0.0258. The molecule has 3 heterocycles. The average molecular weight is 646 g/mol. The summed E-state index contributed by atoms with van der Waals surface area (Å²) in [6.07, 6.45) is 7.22. The molecule has 2 N–H and O–H groups in total. The lowest BCUT2D eigenvalue weighted by Gasteiger charge is -2.41. The topological polar surface area (TPSA) is 83.9 Å². The number of pyridine rings is 1. The van der Waals surface area contributed by atoms with Gasteiger partial charge >= 0.3 is 0 Å². The van der Waals surface area contributed by atoms with Gasteiger partial charge in [-0.15, -0.1) is 0 Å². The molecule has 2 bridgehead atoms. The minimum Gasteiger partial charge on any atom is -0.392 e. The summed E-state index contributed by atoms with van der Waals surface area (Å²) in [5, 5.41) is 12.6. The maximum absolute atomic E-state index is 12.7. The van der Waals surface area contributed by atoms with Crippen LogP contribution < -0.4 is 5.32 Å². The number of carbonyl (C=O) groups is 1. The largest absolute Gasteiger partial charge is 0.392 e. The van der Waals surface area contributed by atoms with Crippen LogP contribution in [0.15, 0.2) is 97.3 Å². The quantitative estimate of drug-likeness (QED) is 0.195. The lowest BCUT2D eigenvalue weighted by atomic mass is 9.65. The zero-order valence-corrected chi connectivity index (χ0v) is 28.3. The standard InChI is InChI=1S/C41H47N3O4/c1-40(2)20-34-21-41(3,26-40)27-44(34)24-35-19-37(30-12-10-28(25-45)11-13-30)48-39(47-35)31-16-14-29(15-17-31)36-9-5-4-7-32(36)23-43-38(46)33-8-6-18-42-22-33/h4-18,22,34-35,37,39,45H,19-21,23-27H2,1-3H3,(H,43,46)/t34?,35-,37+,39+,41?/m0/s1. The molecule has 4 aromatic rings. The monoisotopic (exact) mass is 645 g/mol. The first-order valence-electron chi connectivity index (χ1n) is 17.3. The zero-order valence-electron chi connectivity index (χ0n) is 28.3. The molecular formula is C41H47N3O4. The van der Waals surface area contributed by atoms with Crippen molar-refractivity contribution in [3.63, 3.8) is 0 Å². The Hall–Kier alpha value is -3.88. The fraction of sp³-hybridized carbons (Fsp3) is 0.415. The van der Waals surface area contributed by atoms with E-state index in [2.05, 4.69) is 78.4 Å². The van der Waals surface area contributed by atoms with E-state index < -0.39 is 6.29 Å². The van der Waals surface area contributed by atoms with Crippen LogP contribution >= 0.6 is 0 Å². The number of nitrogens with zero attached hydrogens (tertiary/aromatic N) is 2. The molecule has 3 aromatic carbocycles. The predicted molar refractivity (Wildman–Crippen MR) is 187 cm³/mol. The second kappa shape index (κ2) is 13.6. The highest BCUT2D eigenvalue weighted by Crippen LogP contribution is 2.53. The number of amides is 1.